The number of nitrogens with zero attached hydrogens (tertiary/aromatic N) is 2. The average molecular weight is 377 g/mol. The molecule has 3 rings (SSSR count). The molecule has 2 unspecified atom stereocenters. The Balaban J connectivity index is 1.88. The van der Waals surface area contributed by atoms with Crippen molar-refractivity contribution in [1.29, 1.82) is 0 Å². The van der Waals surface area contributed by atoms with Crippen molar-refractivity contribution in [3.63, 3.8) is 0 Å². The van der Waals surface area contributed by atoms with E-state index in [9.17, 15) is 4.57 Å². The van der Waals surface area contributed by atoms with Crippen molar-refractivity contribution in [2.24, 2.45) is 5.73 Å². The van der Waals surface area contributed by atoms with E-state index in [0.717, 1.165) is 0 Å². The molecule has 2 fully saturated rings. The Morgan fingerprint density at radius 2 is 2.21 bits per heavy atom. The van der Waals surface area contributed by atoms with Gasteiger partial charge < -0.3 is 25.7 Å². The first-order valence-corrected chi connectivity index (χ1v) is 8.67. The minimum atomic E-state index is -2.74. The zero-order valence-corrected chi connectivity index (χ0v) is 14.7. The van der Waals surface area contributed by atoms with Crippen LogP contribution in [0.15, 0.2) is 6.20 Å². The maximum Gasteiger partial charge on any atom is 0.694 e. The number of hydrogen-bond acceptors (Lipinski definition) is 8. The topological polar surface area (TPSA) is 144 Å². The summed E-state index contributed by atoms with van der Waals surface area (Å²) in [6.07, 6.45) is -0.643. The monoisotopic (exact) mass is 377 g/mol. The normalized spacial score (nSPS) is 31.9. The van der Waals surface area contributed by atoms with E-state index in [-0.39, 0.29) is 17.5 Å². The molecule has 0 bridgehead atoms. The smallest absolute Gasteiger partial charge is 0.383 e. The van der Waals surface area contributed by atoms with Crippen molar-refractivity contribution in [2.75, 3.05) is 12.3 Å². The average Bonchev–Trinajstić information content (AvgIpc) is 3.07. The molecule has 2 aliphatic heterocycles. The second kappa shape index (κ2) is 6.26. The van der Waals surface area contributed by atoms with Crippen LogP contribution in [0.4, 0.5) is 5.82 Å². The van der Waals surface area contributed by atoms with E-state index in [0.29, 0.717) is 5.56 Å². The molecule has 0 saturated carbocycles. The van der Waals surface area contributed by atoms with Crippen molar-refractivity contribution >= 4 is 31.4 Å². The van der Waals surface area contributed by atoms with Crippen LogP contribution in [0, 0.1) is 0 Å². The summed E-state index contributed by atoms with van der Waals surface area (Å²) in [4.78, 5) is 8.85. The lowest BCUT2D eigenvalue weighted by atomic mass is 10.0. The molecule has 0 amide bonds. The number of nitrogen functional groups attached to an aromatic ring is 1. The summed E-state index contributed by atoms with van der Waals surface area (Å²) in [5.41, 5.74) is 12.2. The van der Waals surface area contributed by atoms with Crippen molar-refractivity contribution < 1.29 is 28.2 Å². The summed E-state index contributed by atoms with van der Waals surface area (Å²) < 4.78 is 34.4. The molecular weight excluding hydrogens is 359 g/mol. The Kier molecular flexibility index (Phi) is 4.60. The zero-order chi connectivity index (χ0) is 17.6. The molecule has 5 atom stereocenters. The number of thiocarbonyl (C=S) groups is 1. The van der Waals surface area contributed by atoms with Crippen LogP contribution in [-0.2, 0) is 23.3 Å². The van der Waals surface area contributed by atoms with Crippen molar-refractivity contribution in [1.82, 2.24) is 9.78 Å². The minimum Gasteiger partial charge on any atom is -0.383 e. The van der Waals surface area contributed by atoms with Gasteiger partial charge in [-0.2, -0.15) is 9.78 Å². The van der Waals surface area contributed by atoms with E-state index in [1.54, 1.807) is 13.8 Å². The number of ether oxygens (including phenoxy) is 3. The Morgan fingerprint density at radius 1 is 1.54 bits per heavy atom. The van der Waals surface area contributed by atoms with Crippen LogP contribution in [0.1, 0.15) is 25.5 Å². The summed E-state index contributed by atoms with van der Waals surface area (Å²) in [7, 11) is -2.74. The number of fused-ring (bicyclic) bond motifs is 1. The lowest BCUT2D eigenvalue weighted by Gasteiger charge is -2.23. The fourth-order valence-electron chi connectivity index (χ4n) is 2.97. The molecule has 1 aromatic rings. The first kappa shape index (κ1) is 17.6. The van der Waals surface area contributed by atoms with Crippen LogP contribution in [0.5, 0.6) is 0 Å². The summed E-state index contributed by atoms with van der Waals surface area (Å²) in [5, 5.41) is 4.05. The van der Waals surface area contributed by atoms with Gasteiger partial charge >= 0.3 is 8.25 Å². The van der Waals surface area contributed by atoms with Crippen molar-refractivity contribution in [3.05, 3.63) is 11.8 Å². The van der Waals surface area contributed by atoms with Gasteiger partial charge in [-0.15, -0.1) is 9.42 Å². The standard InChI is InChI=1S/C12H17N4O6PS/c1-12(2)21-8-6(4-19-23(17)18)20-7(9(8)22-12)5-3-15-16(10(5)13)11(14)24/h3,6-9H,4H2,1-2H3,(H4-,13,14,15,17,18,24)/p+1/t6-,7?,8-,9+/m1/s1. The summed E-state index contributed by atoms with van der Waals surface area (Å²) in [5.74, 6) is -0.584. The Labute approximate surface area is 143 Å². The fourth-order valence-corrected chi connectivity index (χ4v) is 3.39. The van der Waals surface area contributed by atoms with Gasteiger partial charge in [-0.05, 0) is 26.1 Å². The quantitative estimate of drug-likeness (QED) is 0.491. The number of anilines is 1. The maximum absolute atomic E-state index is 10.8. The molecule has 2 saturated heterocycles. The van der Waals surface area contributed by atoms with E-state index in [4.69, 9.17) is 47.3 Å². The third-order valence-electron chi connectivity index (χ3n) is 3.85. The second-order valence-corrected chi connectivity index (χ2v) is 7.08. The van der Waals surface area contributed by atoms with Crippen LogP contribution < -0.4 is 11.5 Å². The van der Waals surface area contributed by atoms with E-state index in [2.05, 4.69) is 5.10 Å². The summed E-state index contributed by atoms with van der Waals surface area (Å²) in [6, 6.07) is 0. The molecule has 5 N–H and O–H groups in total. The highest BCUT2D eigenvalue weighted by molar-refractivity contribution is 7.80. The first-order valence-electron chi connectivity index (χ1n) is 7.13. The minimum absolute atomic E-state index is 0.00868. The predicted octanol–water partition coefficient (Wildman–Crippen LogP) is 0.183. The summed E-state index contributed by atoms with van der Waals surface area (Å²) in [6.45, 7) is 3.43. The van der Waals surface area contributed by atoms with Gasteiger partial charge in [0.05, 0.1) is 6.20 Å². The molecule has 132 valence electrons. The third-order valence-corrected chi connectivity index (χ3v) is 4.39. The van der Waals surface area contributed by atoms with Gasteiger partial charge in [-0.1, -0.05) is 0 Å². The second-order valence-electron chi connectivity index (χ2n) is 5.93. The van der Waals surface area contributed by atoms with Gasteiger partial charge in [0.25, 0.3) is 0 Å². The Hall–Kier alpha value is -1.20. The van der Waals surface area contributed by atoms with Gasteiger partial charge in [-0.3, -0.25) is 0 Å². The van der Waals surface area contributed by atoms with Gasteiger partial charge in [0.2, 0.25) is 0 Å². The molecule has 0 radical (unpaired) electrons. The van der Waals surface area contributed by atoms with Gasteiger partial charge in [0, 0.05) is 10.1 Å². The molecule has 0 aromatic carbocycles. The van der Waals surface area contributed by atoms with E-state index in [1.165, 1.54) is 10.9 Å². The number of hydrogen-bond donors (Lipinski definition) is 3. The first-order chi connectivity index (χ1) is 11.2. The van der Waals surface area contributed by atoms with Crippen molar-refractivity contribution in [3.8, 4) is 0 Å². The maximum atomic E-state index is 10.8. The molecule has 24 heavy (non-hydrogen) atoms. The van der Waals surface area contributed by atoms with Crippen LogP contribution in [0.3, 0.4) is 0 Å². The SMILES string of the molecule is CC1(C)O[C@@H]2[C@@H](CO[P+](=O)O)OC(c3cnn(C(N)=S)c3N)[C@@H]2O1. The molecule has 0 aliphatic carbocycles. The van der Waals surface area contributed by atoms with Crippen LogP contribution in [0.2, 0.25) is 0 Å². The van der Waals surface area contributed by atoms with E-state index >= 15 is 0 Å². The molecule has 3 heterocycles. The Bertz CT molecular complexity index is 683. The zero-order valence-electron chi connectivity index (χ0n) is 13.0. The highest BCUT2D eigenvalue weighted by Crippen LogP contribution is 2.46. The van der Waals surface area contributed by atoms with Gasteiger partial charge in [0.1, 0.15) is 36.8 Å². The third kappa shape index (κ3) is 3.16. The van der Waals surface area contributed by atoms with Crippen LogP contribution in [-0.4, -0.2) is 50.5 Å². The lowest BCUT2D eigenvalue weighted by molar-refractivity contribution is -0.190. The van der Waals surface area contributed by atoms with Gasteiger partial charge in [-0.25, -0.2) is 0 Å². The lowest BCUT2D eigenvalue weighted by Crippen LogP contribution is -2.32. The highest BCUT2D eigenvalue weighted by atomic mass is 32.1. The van der Waals surface area contributed by atoms with E-state index < -0.39 is 38.5 Å². The van der Waals surface area contributed by atoms with Gasteiger partial charge in [0.15, 0.2) is 10.9 Å². The number of aromatic nitrogens is 2. The molecule has 12 heteroatoms. The molecule has 10 nitrogen and oxygen atoms in total. The highest BCUT2D eigenvalue weighted by Gasteiger charge is 2.56. The molecule has 2 aliphatic rings. The summed E-state index contributed by atoms with van der Waals surface area (Å²) >= 11 is 4.88. The van der Waals surface area contributed by atoms with Crippen molar-refractivity contribution in [2.45, 2.75) is 44.1 Å². The molecule has 0 spiro atoms. The number of rotatable bonds is 4. The van der Waals surface area contributed by atoms with E-state index in [1.807, 2.05) is 0 Å². The number of nitrogens with two attached hydrogens (primary N) is 2. The van der Waals surface area contributed by atoms with Crippen LogP contribution >= 0.6 is 20.5 Å². The fraction of sp³-hybridized carbons (Fsp3) is 0.667. The predicted molar refractivity (Wildman–Crippen MR) is 86.0 cm³/mol. The Morgan fingerprint density at radius 3 is 2.79 bits per heavy atom. The molecule has 1 aromatic heterocycles. The van der Waals surface area contributed by atoms with Crippen LogP contribution in [0.25, 0.3) is 0 Å². The molecular formula is C12H18N4O6PS+. The largest absolute Gasteiger partial charge is 0.694 e.